The summed E-state index contributed by atoms with van der Waals surface area (Å²) >= 11 is 0. The second-order valence-electron chi connectivity index (χ2n) is 7.09. The zero-order valence-corrected chi connectivity index (χ0v) is 15.5. The first-order valence-corrected chi connectivity index (χ1v) is 8.53. The number of nitro benzene ring substituents is 1. The van der Waals surface area contributed by atoms with Gasteiger partial charge in [-0.25, -0.2) is 0 Å². The quantitative estimate of drug-likeness (QED) is 0.601. The number of carbonyl (C=O) groups is 1. The van der Waals surface area contributed by atoms with Gasteiger partial charge in [0.25, 0.3) is 11.6 Å². The van der Waals surface area contributed by atoms with Crippen molar-refractivity contribution in [1.82, 2.24) is 0 Å². The molecule has 1 unspecified atom stereocenters. The molecule has 2 aromatic rings. The number of anilines is 1. The van der Waals surface area contributed by atoms with Crippen molar-refractivity contribution in [2.75, 3.05) is 5.32 Å². The van der Waals surface area contributed by atoms with Gasteiger partial charge in [-0.2, -0.15) is 0 Å². The normalized spacial score (nSPS) is 12.3. The molecular weight excluding hydrogens is 332 g/mol. The maximum Gasteiger partial charge on any atom is 0.271 e. The van der Waals surface area contributed by atoms with Crippen molar-refractivity contribution < 1.29 is 14.5 Å². The highest BCUT2D eigenvalue weighted by atomic mass is 16.6. The lowest BCUT2D eigenvalue weighted by molar-refractivity contribution is -0.384. The third-order valence-corrected chi connectivity index (χ3v) is 3.99. The van der Waals surface area contributed by atoms with Crippen LogP contribution in [0, 0.1) is 10.1 Å². The summed E-state index contributed by atoms with van der Waals surface area (Å²) in [6.07, 6.45) is -0.211. The maximum atomic E-state index is 12.4. The van der Waals surface area contributed by atoms with E-state index in [1.807, 2.05) is 31.2 Å². The number of nitrogens with zero attached hydrogens (tertiary/aromatic N) is 1. The van der Waals surface area contributed by atoms with E-state index in [2.05, 4.69) is 26.1 Å². The summed E-state index contributed by atoms with van der Waals surface area (Å²) < 4.78 is 5.80. The van der Waals surface area contributed by atoms with Crippen LogP contribution in [0.15, 0.2) is 48.5 Å². The van der Waals surface area contributed by atoms with Crippen molar-refractivity contribution in [1.29, 1.82) is 0 Å². The van der Waals surface area contributed by atoms with Crippen LogP contribution in [0.1, 0.15) is 39.7 Å². The van der Waals surface area contributed by atoms with Gasteiger partial charge in [0, 0.05) is 17.8 Å². The maximum absolute atomic E-state index is 12.4. The average molecular weight is 356 g/mol. The number of hydrogen-bond acceptors (Lipinski definition) is 4. The summed E-state index contributed by atoms with van der Waals surface area (Å²) in [5.74, 6) is 0.270. The van der Waals surface area contributed by atoms with Crippen molar-refractivity contribution in [3.8, 4) is 5.75 Å². The molecule has 0 bridgehead atoms. The fraction of sp³-hybridized carbons (Fsp3) is 0.350. The van der Waals surface area contributed by atoms with Gasteiger partial charge in [0.2, 0.25) is 0 Å². The topological polar surface area (TPSA) is 81.5 Å². The molecule has 2 rings (SSSR count). The second kappa shape index (κ2) is 7.99. The highest BCUT2D eigenvalue weighted by molar-refractivity contribution is 5.94. The third-order valence-electron chi connectivity index (χ3n) is 3.99. The summed E-state index contributed by atoms with van der Waals surface area (Å²) in [6, 6.07) is 13.5. The fourth-order valence-electron chi connectivity index (χ4n) is 2.44. The van der Waals surface area contributed by atoms with Crippen molar-refractivity contribution >= 4 is 17.3 Å². The van der Waals surface area contributed by atoms with Gasteiger partial charge in [0.1, 0.15) is 5.75 Å². The summed E-state index contributed by atoms with van der Waals surface area (Å²) in [5, 5.41) is 13.5. The number of benzene rings is 2. The van der Waals surface area contributed by atoms with Crippen molar-refractivity contribution in [3.63, 3.8) is 0 Å². The van der Waals surface area contributed by atoms with Crippen LogP contribution in [0.5, 0.6) is 5.75 Å². The molecule has 26 heavy (non-hydrogen) atoms. The number of hydrogen-bond donors (Lipinski definition) is 1. The molecule has 138 valence electrons. The lowest BCUT2D eigenvalue weighted by Crippen LogP contribution is -2.32. The molecule has 0 heterocycles. The minimum atomic E-state index is -0.685. The van der Waals surface area contributed by atoms with Gasteiger partial charge in [-0.1, -0.05) is 45.9 Å². The summed E-state index contributed by atoms with van der Waals surface area (Å²) in [5.41, 5.74) is 1.52. The molecular formula is C20H24N2O4. The van der Waals surface area contributed by atoms with Gasteiger partial charge < -0.3 is 10.1 Å². The van der Waals surface area contributed by atoms with E-state index in [1.54, 1.807) is 6.07 Å². The van der Waals surface area contributed by atoms with Crippen LogP contribution in [-0.2, 0) is 10.2 Å². The van der Waals surface area contributed by atoms with Crippen molar-refractivity contribution in [2.45, 2.75) is 45.6 Å². The van der Waals surface area contributed by atoms with E-state index in [-0.39, 0.29) is 17.0 Å². The summed E-state index contributed by atoms with van der Waals surface area (Å²) in [6.45, 7) is 8.24. The van der Waals surface area contributed by atoms with Crippen LogP contribution in [-0.4, -0.2) is 16.9 Å². The van der Waals surface area contributed by atoms with Crippen LogP contribution >= 0.6 is 0 Å². The minimum absolute atomic E-state index is 0.0437. The van der Waals surface area contributed by atoms with E-state index in [0.717, 1.165) is 0 Å². The number of amides is 1. The second-order valence-corrected chi connectivity index (χ2v) is 7.09. The number of rotatable bonds is 6. The summed E-state index contributed by atoms with van der Waals surface area (Å²) in [4.78, 5) is 22.8. The zero-order chi connectivity index (χ0) is 19.3. The zero-order valence-electron chi connectivity index (χ0n) is 15.5. The van der Waals surface area contributed by atoms with Gasteiger partial charge in [-0.15, -0.1) is 0 Å². The number of carbonyl (C=O) groups excluding carboxylic acids is 1. The van der Waals surface area contributed by atoms with Crippen molar-refractivity contribution in [2.24, 2.45) is 0 Å². The molecule has 0 radical (unpaired) electrons. The van der Waals surface area contributed by atoms with Crippen LogP contribution in [0.4, 0.5) is 11.4 Å². The van der Waals surface area contributed by atoms with E-state index < -0.39 is 11.0 Å². The van der Waals surface area contributed by atoms with Gasteiger partial charge >= 0.3 is 0 Å². The molecule has 0 aliphatic carbocycles. The lowest BCUT2D eigenvalue weighted by Gasteiger charge is -2.21. The highest BCUT2D eigenvalue weighted by Gasteiger charge is 2.20. The molecule has 0 saturated carbocycles. The molecule has 0 saturated heterocycles. The molecule has 6 nitrogen and oxygen atoms in total. The number of non-ortho nitro benzene ring substituents is 1. The lowest BCUT2D eigenvalue weighted by atomic mass is 9.87. The molecule has 0 aromatic heterocycles. The van der Waals surface area contributed by atoms with Gasteiger partial charge in [0.15, 0.2) is 6.10 Å². The first-order valence-electron chi connectivity index (χ1n) is 8.53. The average Bonchev–Trinajstić information content (AvgIpc) is 2.59. The van der Waals surface area contributed by atoms with E-state index >= 15 is 0 Å². The predicted molar refractivity (Wildman–Crippen MR) is 102 cm³/mol. The van der Waals surface area contributed by atoms with Gasteiger partial charge in [-0.05, 0) is 35.6 Å². The van der Waals surface area contributed by atoms with E-state index in [0.29, 0.717) is 17.9 Å². The molecule has 6 heteroatoms. The predicted octanol–water partition coefficient (Wildman–Crippen LogP) is 4.69. The van der Waals surface area contributed by atoms with Crippen LogP contribution in [0.3, 0.4) is 0 Å². The highest BCUT2D eigenvalue weighted by Crippen LogP contribution is 2.25. The van der Waals surface area contributed by atoms with E-state index in [1.165, 1.54) is 23.8 Å². The largest absolute Gasteiger partial charge is 0.481 e. The molecule has 0 fully saturated rings. The SMILES string of the molecule is CCC(Oc1ccc(C(C)(C)C)cc1)C(=O)Nc1cccc([N+](=O)[O-])c1. The first-order chi connectivity index (χ1) is 12.2. The molecule has 1 N–H and O–H groups in total. The Morgan fingerprint density at radius 1 is 1.19 bits per heavy atom. The Kier molecular flexibility index (Phi) is 5.97. The van der Waals surface area contributed by atoms with Crippen LogP contribution < -0.4 is 10.1 Å². The third kappa shape index (κ3) is 5.05. The molecule has 1 amide bonds. The smallest absolute Gasteiger partial charge is 0.271 e. The van der Waals surface area contributed by atoms with E-state index in [4.69, 9.17) is 4.74 Å². The van der Waals surface area contributed by atoms with Crippen LogP contribution in [0.25, 0.3) is 0 Å². The monoisotopic (exact) mass is 356 g/mol. The van der Waals surface area contributed by atoms with E-state index in [9.17, 15) is 14.9 Å². The summed E-state index contributed by atoms with van der Waals surface area (Å²) in [7, 11) is 0. The fourth-order valence-corrected chi connectivity index (χ4v) is 2.44. The van der Waals surface area contributed by atoms with Crippen molar-refractivity contribution in [3.05, 3.63) is 64.2 Å². The van der Waals surface area contributed by atoms with Crippen LogP contribution in [0.2, 0.25) is 0 Å². The Balaban J connectivity index is 2.07. The number of nitrogens with one attached hydrogen (secondary N) is 1. The van der Waals surface area contributed by atoms with Gasteiger partial charge in [0.05, 0.1) is 4.92 Å². The Hall–Kier alpha value is -2.89. The molecule has 0 aliphatic rings. The Labute approximate surface area is 153 Å². The number of ether oxygens (including phenoxy) is 1. The van der Waals surface area contributed by atoms with Gasteiger partial charge in [-0.3, -0.25) is 14.9 Å². The Bertz CT molecular complexity index is 779. The minimum Gasteiger partial charge on any atom is -0.481 e. The Morgan fingerprint density at radius 2 is 1.85 bits per heavy atom. The first kappa shape index (κ1) is 19.4. The standard InChI is InChI=1S/C20H24N2O4/c1-5-18(26-17-11-9-14(10-12-17)20(2,3)4)19(23)21-15-7-6-8-16(13-15)22(24)25/h6-13,18H,5H2,1-4H3,(H,21,23). The number of nitro groups is 1. The molecule has 0 spiro atoms. The Morgan fingerprint density at radius 3 is 2.38 bits per heavy atom. The molecule has 1 atom stereocenters. The molecule has 2 aromatic carbocycles. The molecule has 0 aliphatic heterocycles.